The zero-order chi connectivity index (χ0) is 13.2. The Balaban J connectivity index is 2.98. The fourth-order valence-corrected chi connectivity index (χ4v) is 1.61. The zero-order valence-corrected chi connectivity index (χ0v) is 10.7. The Morgan fingerprint density at radius 1 is 1.24 bits per heavy atom. The highest BCUT2D eigenvalue weighted by Crippen LogP contribution is 2.24. The van der Waals surface area contributed by atoms with E-state index in [1.54, 1.807) is 13.8 Å². The summed E-state index contributed by atoms with van der Waals surface area (Å²) >= 11 is 0. The normalized spacial score (nSPS) is 11.3. The molecule has 1 aromatic rings. The van der Waals surface area contributed by atoms with Gasteiger partial charge in [0.25, 0.3) is 0 Å². The number of rotatable bonds is 4. The molecule has 3 nitrogen and oxygen atoms in total. The summed E-state index contributed by atoms with van der Waals surface area (Å²) in [5, 5.41) is 9.01. The number of ketones is 1. The number of hydrogen-bond acceptors (Lipinski definition) is 2. The van der Waals surface area contributed by atoms with Crippen LogP contribution in [0.2, 0.25) is 0 Å². The van der Waals surface area contributed by atoms with E-state index in [0.29, 0.717) is 5.56 Å². The van der Waals surface area contributed by atoms with E-state index in [1.165, 1.54) is 0 Å². The molecule has 0 heterocycles. The first-order valence-corrected chi connectivity index (χ1v) is 5.58. The lowest BCUT2D eigenvalue weighted by atomic mass is 9.84. The van der Waals surface area contributed by atoms with Gasteiger partial charge in [0.15, 0.2) is 5.78 Å². The van der Waals surface area contributed by atoms with Crippen molar-refractivity contribution < 1.29 is 14.7 Å². The molecule has 0 aromatic heterocycles. The molecule has 0 aliphatic heterocycles. The number of carbonyl (C=O) groups is 2. The third-order valence-electron chi connectivity index (χ3n) is 2.87. The Labute approximate surface area is 101 Å². The lowest BCUT2D eigenvalue weighted by Crippen LogP contribution is -2.27. The molecule has 92 valence electrons. The Hall–Kier alpha value is -1.64. The summed E-state index contributed by atoms with van der Waals surface area (Å²) < 4.78 is 0. The second-order valence-corrected chi connectivity index (χ2v) is 5.11. The van der Waals surface area contributed by atoms with Crippen molar-refractivity contribution in [1.29, 1.82) is 0 Å². The molecule has 0 aliphatic rings. The lowest BCUT2D eigenvalue weighted by molar-refractivity contribution is -0.146. The molecule has 17 heavy (non-hydrogen) atoms. The predicted octanol–water partition coefficient (Wildman–Crippen LogP) is 2.99. The average molecular weight is 234 g/mol. The molecule has 0 saturated carbocycles. The Morgan fingerprint density at radius 2 is 1.82 bits per heavy atom. The van der Waals surface area contributed by atoms with Gasteiger partial charge in [0, 0.05) is 12.0 Å². The monoisotopic (exact) mass is 234 g/mol. The van der Waals surface area contributed by atoms with Crippen molar-refractivity contribution in [2.75, 3.05) is 0 Å². The highest BCUT2D eigenvalue weighted by Gasteiger charge is 2.30. The maximum Gasteiger partial charge on any atom is 0.309 e. The fraction of sp³-hybridized carbons (Fsp3) is 0.429. The second-order valence-electron chi connectivity index (χ2n) is 5.11. The molecule has 0 saturated heterocycles. The molecule has 0 spiro atoms. The lowest BCUT2D eigenvalue weighted by Gasteiger charge is -2.18. The van der Waals surface area contributed by atoms with Gasteiger partial charge in [-0.25, -0.2) is 0 Å². The van der Waals surface area contributed by atoms with E-state index in [2.05, 4.69) is 0 Å². The van der Waals surface area contributed by atoms with Crippen LogP contribution in [0.4, 0.5) is 0 Å². The largest absolute Gasteiger partial charge is 0.481 e. The van der Waals surface area contributed by atoms with Crippen molar-refractivity contribution >= 4 is 11.8 Å². The van der Waals surface area contributed by atoms with Gasteiger partial charge in [-0.05, 0) is 39.3 Å². The van der Waals surface area contributed by atoms with Gasteiger partial charge in [0.2, 0.25) is 0 Å². The number of carbonyl (C=O) groups excluding carboxylic acids is 1. The smallest absolute Gasteiger partial charge is 0.309 e. The SMILES string of the molecule is Cc1ccc(C)c(C(=O)CC(C)(C)C(=O)O)c1. The van der Waals surface area contributed by atoms with Crippen LogP contribution >= 0.6 is 0 Å². The number of aryl methyl sites for hydroxylation is 2. The summed E-state index contributed by atoms with van der Waals surface area (Å²) in [6.45, 7) is 6.91. The van der Waals surface area contributed by atoms with Crippen LogP contribution in [0.25, 0.3) is 0 Å². The quantitative estimate of drug-likeness (QED) is 0.815. The Morgan fingerprint density at radius 3 is 2.35 bits per heavy atom. The molecule has 1 aromatic carbocycles. The number of benzene rings is 1. The van der Waals surface area contributed by atoms with Crippen molar-refractivity contribution in [3.05, 3.63) is 34.9 Å². The van der Waals surface area contributed by atoms with Gasteiger partial charge in [-0.15, -0.1) is 0 Å². The van der Waals surface area contributed by atoms with Gasteiger partial charge in [-0.2, -0.15) is 0 Å². The standard InChI is InChI=1S/C14H18O3/c1-9-5-6-10(2)11(7-9)12(15)8-14(3,4)13(16)17/h5-7H,8H2,1-4H3,(H,16,17). The third kappa shape index (κ3) is 3.16. The molecule has 1 rings (SSSR count). The fourth-order valence-electron chi connectivity index (χ4n) is 1.61. The van der Waals surface area contributed by atoms with Crippen LogP contribution in [0.5, 0.6) is 0 Å². The van der Waals surface area contributed by atoms with E-state index in [-0.39, 0.29) is 12.2 Å². The third-order valence-corrected chi connectivity index (χ3v) is 2.87. The topological polar surface area (TPSA) is 54.4 Å². The number of carboxylic acid groups (broad SMARTS) is 1. The Bertz CT molecular complexity index is 459. The van der Waals surface area contributed by atoms with E-state index >= 15 is 0 Å². The predicted molar refractivity (Wildman–Crippen MR) is 66.3 cm³/mol. The minimum absolute atomic E-state index is 0.0205. The molecule has 0 radical (unpaired) electrons. The molecule has 0 unspecified atom stereocenters. The van der Waals surface area contributed by atoms with Crippen LogP contribution in [0.15, 0.2) is 18.2 Å². The average Bonchev–Trinajstić information content (AvgIpc) is 2.20. The van der Waals surface area contributed by atoms with Crippen molar-refractivity contribution in [2.24, 2.45) is 5.41 Å². The zero-order valence-electron chi connectivity index (χ0n) is 10.7. The van der Waals surface area contributed by atoms with Gasteiger partial charge in [-0.1, -0.05) is 17.7 Å². The minimum Gasteiger partial charge on any atom is -0.481 e. The molecule has 0 bridgehead atoms. The van der Waals surface area contributed by atoms with E-state index in [4.69, 9.17) is 5.11 Å². The van der Waals surface area contributed by atoms with Crippen LogP contribution in [-0.4, -0.2) is 16.9 Å². The maximum absolute atomic E-state index is 12.1. The highest BCUT2D eigenvalue weighted by molar-refractivity contribution is 6.00. The van der Waals surface area contributed by atoms with Crippen molar-refractivity contribution in [3.63, 3.8) is 0 Å². The molecular weight excluding hydrogens is 216 g/mol. The first-order chi connectivity index (χ1) is 7.74. The molecule has 3 heteroatoms. The Kier molecular flexibility index (Phi) is 3.71. The van der Waals surface area contributed by atoms with Gasteiger partial charge < -0.3 is 5.11 Å². The molecule has 0 fully saturated rings. The van der Waals surface area contributed by atoms with Gasteiger partial charge >= 0.3 is 5.97 Å². The van der Waals surface area contributed by atoms with E-state index in [9.17, 15) is 9.59 Å². The van der Waals surface area contributed by atoms with Crippen LogP contribution in [0, 0.1) is 19.3 Å². The number of carboxylic acids is 1. The van der Waals surface area contributed by atoms with Crippen LogP contribution in [-0.2, 0) is 4.79 Å². The van der Waals surface area contributed by atoms with Crippen LogP contribution < -0.4 is 0 Å². The number of aliphatic carboxylic acids is 1. The van der Waals surface area contributed by atoms with Gasteiger partial charge in [-0.3, -0.25) is 9.59 Å². The number of Topliss-reactive ketones (excluding diaryl/α,β-unsaturated/α-hetero) is 1. The van der Waals surface area contributed by atoms with Crippen LogP contribution in [0.3, 0.4) is 0 Å². The second kappa shape index (κ2) is 4.70. The molecule has 0 atom stereocenters. The van der Waals surface area contributed by atoms with Crippen molar-refractivity contribution in [1.82, 2.24) is 0 Å². The van der Waals surface area contributed by atoms with Gasteiger partial charge in [0.1, 0.15) is 0 Å². The summed E-state index contributed by atoms with van der Waals surface area (Å²) in [6, 6.07) is 5.64. The number of hydrogen-bond donors (Lipinski definition) is 1. The van der Waals surface area contributed by atoms with Crippen LogP contribution in [0.1, 0.15) is 41.8 Å². The summed E-state index contributed by atoms with van der Waals surface area (Å²) in [4.78, 5) is 23.1. The summed E-state index contributed by atoms with van der Waals surface area (Å²) in [5.41, 5.74) is 1.50. The summed E-state index contributed by atoms with van der Waals surface area (Å²) in [6.07, 6.45) is 0.0205. The summed E-state index contributed by atoms with van der Waals surface area (Å²) in [5.74, 6) is -1.06. The molecular formula is C14H18O3. The first kappa shape index (κ1) is 13.4. The summed E-state index contributed by atoms with van der Waals surface area (Å²) in [7, 11) is 0. The molecule has 0 aliphatic carbocycles. The molecule has 1 N–H and O–H groups in total. The van der Waals surface area contributed by atoms with Crippen molar-refractivity contribution in [3.8, 4) is 0 Å². The van der Waals surface area contributed by atoms with Crippen molar-refractivity contribution in [2.45, 2.75) is 34.1 Å². The van der Waals surface area contributed by atoms with E-state index in [1.807, 2.05) is 32.0 Å². The maximum atomic E-state index is 12.1. The highest BCUT2D eigenvalue weighted by atomic mass is 16.4. The molecule has 0 amide bonds. The van der Waals surface area contributed by atoms with E-state index in [0.717, 1.165) is 11.1 Å². The first-order valence-electron chi connectivity index (χ1n) is 5.58. The van der Waals surface area contributed by atoms with E-state index < -0.39 is 11.4 Å². The minimum atomic E-state index is -1.02. The van der Waals surface area contributed by atoms with Gasteiger partial charge in [0.05, 0.1) is 5.41 Å².